The number of para-hydroxylation sites is 1. The molecule has 0 radical (unpaired) electrons. The standard InChI is InChI=1S/C17H12FNO3/c1-10-15(17(21)22)14-9-11(18)7-8-13(14)16(20)19(10)12-5-3-2-4-6-12/h2-9H,1H3,(H,21,22)/i5D. The normalized spacial score (nSPS) is 11.5. The molecule has 1 N–H and O–H groups in total. The summed E-state index contributed by atoms with van der Waals surface area (Å²) < 4.78 is 22.6. The largest absolute Gasteiger partial charge is 0.478 e. The molecule has 4 nitrogen and oxygen atoms in total. The van der Waals surface area contributed by atoms with Crippen LogP contribution in [0.3, 0.4) is 0 Å². The predicted octanol–water partition coefficient (Wildman–Crippen LogP) is 3.14. The lowest BCUT2D eigenvalue weighted by Crippen LogP contribution is -2.24. The summed E-state index contributed by atoms with van der Waals surface area (Å²) in [5.41, 5.74) is -0.200. The molecule has 0 unspecified atom stereocenters. The van der Waals surface area contributed by atoms with Gasteiger partial charge >= 0.3 is 5.97 Å². The van der Waals surface area contributed by atoms with Gasteiger partial charge in [0.25, 0.3) is 5.56 Å². The van der Waals surface area contributed by atoms with Gasteiger partial charge in [-0.3, -0.25) is 9.36 Å². The van der Waals surface area contributed by atoms with E-state index in [4.69, 9.17) is 1.37 Å². The van der Waals surface area contributed by atoms with Crippen LogP contribution in [0.25, 0.3) is 16.5 Å². The van der Waals surface area contributed by atoms with E-state index in [0.29, 0.717) is 0 Å². The number of hydrogen-bond acceptors (Lipinski definition) is 2. The summed E-state index contributed by atoms with van der Waals surface area (Å²) in [5, 5.41) is 9.65. The van der Waals surface area contributed by atoms with Crippen molar-refractivity contribution in [1.82, 2.24) is 4.57 Å². The fourth-order valence-corrected chi connectivity index (χ4v) is 2.57. The van der Waals surface area contributed by atoms with Gasteiger partial charge in [0.05, 0.1) is 6.93 Å². The van der Waals surface area contributed by atoms with E-state index in [1.165, 1.54) is 23.6 Å². The molecule has 0 amide bonds. The van der Waals surface area contributed by atoms with Crippen LogP contribution in [-0.4, -0.2) is 15.6 Å². The van der Waals surface area contributed by atoms with Crippen LogP contribution in [0, 0.1) is 12.7 Å². The molecule has 110 valence electrons. The molecule has 1 heterocycles. The Balaban J connectivity index is 2.55. The van der Waals surface area contributed by atoms with E-state index < -0.39 is 17.3 Å². The fourth-order valence-electron chi connectivity index (χ4n) is 2.57. The van der Waals surface area contributed by atoms with Crippen molar-refractivity contribution in [3.05, 3.63) is 75.9 Å². The van der Waals surface area contributed by atoms with Crippen LogP contribution in [0.1, 0.15) is 17.4 Å². The number of carboxylic acids is 1. The van der Waals surface area contributed by atoms with Gasteiger partial charge in [-0.2, -0.15) is 0 Å². The summed E-state index contributed by atoms with van der Waals surface area (Å²) in [7, 11) is 0. The summed E-state index contributed by atoms with van der Waals surface area (Å²) in [6.45, 7) is 1.47. The zero-order valence-corrected chi connectivity index (χ0v) is 11.6. The Bertz CT molecular complexity index is 1010. The van der Waals surface area contributed by atoms with Gasteiger partial charge in [-0.15, -0.1) is 0 Å². The van der Waals surface area contributed by atoms with Crippen molar-refractivity contribution in [1.29, 1.82) is 0 Å². The van der Waals surface area contributed by atoms with E-state index in [0.717, 1.165) is 12.1 Å². The van der Waals surface area contributed by atoms with Crippen molar-refractivity contribution < 1.29 is 15.7 Å². The van der Waals surface area contributed by atoms with Crippen molar-refractivity contribution in [2.24, 2.45) is 0 Å². The van der Waals surface area contributed by atoms with E-state index in [-0.39, 0.29) is 33.8 Å². The number of rotatable bonds is 2. The summed E-state index contributed by atoms with van der Waals surface area (Å²) >= 11 is 0. The van der Waals surface area contributed by atoms with Crippen LogP contribution in [-0.2, 0) is 0 Å². The van der Waals surface area contributed by atoms with E-state index in [1.54, 1.807) is 18.2 Å². The smallest absolute Gasteiger partial charge is 0.338 e. The third-order valence-electron chi connectivity index (χ3n) is 3.53. The maximum Gasteiger partial charge on any atom is 0.338 e. The van der Waals surface area contributed by atoms with E-state index in [1.807, 2.05) is 0 Å². The highest BCUT2D eigenvalue weighted by Gasteiger charge is 2.19. The highest BCUT2D eigenvalue weighted by atomic mass is 19.1. The molecule has 0 aliphatic rings. The van der Waals surface area contributed by atoms with Crippen LogP contribution in [0.15, 0.2) is 53.3 Å². The number of hydrogen-bond donors (Lipinski definition) is 1. The van der Waals surface area contributed by atoms with Crippen LogP contribution >= 0.6 is 0 Å². The van der Waals surface area contributed by atoms with E-state index in [2.05, 4.69) is 0 Å². The molecule has 1 aromatic heterocycles. The molecule has 22 heavy (non-hydrogen) atoms. The van der Waals surface area contributed by atoms with Crippen LogP contribution in [0.4, 0.5) is 4.39 Å². The molecule has 0 bridgehead atoms. The van der Waals surface area contributed by atoms with Crippen LogP contribution in [0.2, 0.25) is 0 Å². The Hall–Kier alpha value is -2.95. The summed E-state index contributed by atoms with van der Waals surface area (Å²) in [5.74, 6) is -1.87. The maximum absolute atomic E-state index is 13.5. The number of pyridine rings is 1. The molecule has 0 fully saturated rings. The third-order valence-corrected chi connectivity index (χ3v) is 3.53. The van der Waals surface area contributed by atoms with Gasteiger partial charge in [-0.25, -0.2) is 9.18 Å². The van der Waals surface area contributed by atoms with Crippen LogP contribution < -0.4 is 5.56 Å². The van der Waals surface area contributed by atoms with Gasteiger partial charge < -0.3 is 5.11 Å². The lowest BCUT2D eigenvalue weighted by atomic mass is 10.0. The minimum Gasteiger partial charge on any atom is -0.478 e. The molecule has 0 aliphatic carbocycles. The molecule has 5 heteroatoms. The number of halogens is 1. The van der Waals surface area contributed by atoms with Crippen LogP contribution in [0.5, 0.6) is 0 Å². The first-order valence-electron chi connectivity index (χ1n) is 7.06. The van der Waals surface area contributed by atoms with Gasteiger partial charge in [0, 0.05) is 22.2 Å². The minimum absolute atomic E-state index is 0.0544. The summed E-state index contributed by atoms with van der Waals surface area (Å²) in [4.78, 5) is 24.4. The molecule has 0 atom stereocenters. The monoisotopic (exact) mass is 298 g/mol. The first-order chi connectivity index (χ1) is 10.9. The topological polar surface area (TPSA) is 59.3 Å². The first-order valence-corrected chi connectivity index (χ1v) is 6.56. The molecule has 0 spiro atoms. The quantitative estimate of drug-likeness (QED) is 0.790. The highest BCUT2D eigenvalue weighted by molar-refractivity contribution is 6.04. The van der Waals surface area contributed by atoms with Gasteiger partial charge in [0.1, 0.15) is 5.82 Å². The van der Waals surface area contributed by atoms with Gasteiger partial charge in [-0.1, -0.05) is 18.2 Å². The number of carboxylic acid groups (broad SMARTS) is 1. The number of fused-ring (bicyclic) bond motifs is 1. The first kappa shape index (κ1) is 12.8. The number of aromatic nitrogens is 1. The van der Waals surface area contributed by atoms with Crippen molar-refractivity contribution in [2.45, 2.75) is 6.92 Å². The van der Waals surface area contributed by atoms with Crippen molar-refractivity contribution in [2.75, 3.05) is 0 Å². The Labute approximate surface area is 126 Å². The molecule has 0 saturated heterocycles. The minimum atomic E-state index is -1.26. The van der Waals surface area contributed by atoms with E-state index >= 15 is 0 Å². The zero-order chi connectivity index (χ0) is 16.7. The third kappa shape index (κ3) is 2.07. The lowest BCUT2D eigenvalue weighted by Gasteiger charge is -2.15. The number of nitrogens with zero attached hydrogens (tertiary/aromatic N) is 1. The Kier molecular flexibility index (Phi) is 2.96. The molecule has 0 saturated carbocycles. The Morgan fingerprint density at radius 1 is 1.23 bits per heavy atom. The second kappa shape index (κ2) is 5.11. The molecular weight excluding hydrogens is 285 g/mol. The Morgan fingerprint density at radius 2 is 2.00 bits per heavy atom. The summed E-state index contributed by atoms with van der Waals surface area (Å²) in [6.07, 6.45) is 0. The molecule has 2 aromatic carbocycles. The maximum atomic E-state index is 13.5. The molecule has 3 aromatic rings. The predicted molar refractivity (Wildman–Crippen MR) is 81.2 cm³/mol. The van der Waals surface area contributed by atoms with Crippen molar-refractivity contribution in [3.63, 3.8) is 0 Å². The van der Waals surface area contributed by atoms with Gasteiger partial charge in [0.15, 0.2) is 0 Å². The number of aromatic carboxylic acids is 1. The van der Waals surface area contributed by atoms with Gasteiger partial charge in [0.2, 0.25) is 0 Å². The molecular formula is C17H12FNO3. The second-order valence-electron chi connectivity index (χ2n) is 4.84. The average Bonchev–Trinajstić information content (AvgIpc) is 2.48. The molecule has 0 aliphatic heterocycles. The fraction of sp³-hybridized carbons (Fsp3) is 0.0588. The number of benzene rings is 2. The second-order valence-corrected chi connectivity index (χ2v) is 4.84. The number of carbonyl (C=O) groups is 1. The van der Waals surface area contributed by atoms with Gasteiger partial charge in [-0.05, 0) is 37.2 Å². The highest BCUT2D eigenvalue weighted by Crippen LogP contribution is 2.22. The van der Waals surface area contributed by atoms with E-state index in [9.17, 15) is 19.1 Å². The van der Waals surface area contributed by atoms with Crippen molar-refractivity contribution >= 4 is 16.7 Å². The zero-order valence-electron chi connectivity index (χ0n) is 12.6. The summed E-state index contributed by atoms with van der Waals surface area (Å²) in [6, 6.07) is 9.91. The lowest BCUT2D eigenvalue weighted by molar-refractivity contribution is 0.0697. The Morgan fingerprint density at radius 3 is 2.68 bits per heavy atom. The average molecular weight is 298 g/mol. The van der Waals surface area contributed by atoms with Crippen molar-refractivity contribution in [3.8, 4) is 5.69 Å². The SMILES string of the molecule is [2H]c1ccccc1-n1c(C)c(C(=O)O)c2cc(F)ccc2c1=O. The molecule has 3 rings (SSSR count).